The van der Waals surface area contributed by atoms with Crippen molar-refractivity contribution in [2.24, 2.45) is 12.9 Å². The molecule has 0 spiro atoms. The maximum Gasteiger partial charge on any atom is 0.124 e. The highest BCUT2D eigenvalue weighted by molar-refractivity contribution is 6.32. The Labute approximate surface area is 126 Å². The average molecular weight is 317 g/mol. The van der Waals surface area contributed by atoms with E-state index in [2.05, 4.69) is 10.5 Å². The summed E-state index contributed by atoms with van der Waals surface area (Å²) in [5.41, 5.74) is 4.99. The lowest BCUT2D eigenvalue weighted by Gasteiger charge is -2.18. The van der Waals surface area contributed by atoms with Crippen molar-refractivity contribution in [1.29, 1.82) is 0 Å². The minimum Gasteiger partial charge on any atom is -0.271 e. The summed E-state index contributed by atoms with van der Waals surface area (Å²) >= 11 is 12.3. The van der Waals surface area contributed by atoms with Crippen molar-refractivity contribution in [1.82, 2.24) is 15.2 Å². The molecule has 1 heterocycles. The first-order valence-corrected chi connectivity index (χ1v) is 6.78. The van der Waals surface area contributed by atoms with Crippen LogP contribution in [0.15, 0.2) is 18.2 Å². The molecule has 0 saturated carbocycles. The van der Waals surface area contributed by atoms with Crippen molar-refractivity contribution in [3.63, 3.8) is 0 Å². The van der Waals surface area contributed by atoms with E-state index in [9.17, 15) is 4.39 Å². The van der Waals surface area contributed by atoms with Crippen molar-refractivity contribution in [3.05, 3.63) is 51.0 Å². The second kappa shape index (κ2) is 6.10. The molecule has 0 saturated heterocycles. The smallest absolute Gasteiger partial charge is 0.124 e. The first kappa shape index (κ1) is 15.3. The van der Waals surface area contributed by atoms with Gasteiger partial charge in [0.25, 0.3) is 0 Å². The Bertz CT molecular complexity index is 627. The van der Waals surface area contributed by atoms with Crippen LogP contribution in [0.25, 0.3) is 0 Å². The predicted octanol–water partition coefficient (Wildman–Crippen LogP) is 2.92. The number of hydrazine groups is 1. The molecule has 2 rings (SSSR count). The fourth-order valence-electron chi connectivity index (χ4n) is 2.14. The molecule has 1 aromatic carbocycles. The summed E-state index contributed by atoms with van der Waals surface area (Å²) in [5.74, 6) is 5.21. The molecule has 0 amide bonds. The Hall–Kier alpha value is -1.14. The average Bonchev–Trinajstić information content (AvgIpc) is 2.62. The van der Waals surface area contributed by atoms with Gasteiger partial charge in [-0.3, -0.25) is 16.0 Å². The van der Waals surface area contributed by atoms with Gasteiger partial charge in [-0.05, 0) is 24.6 Å². The minimum atomic E-state index is -0.385. The summed E-state index contributed by atoms with van der Waals surface area (Å²) in [6.45, 7) is 1.83. The maximum absolute atomic E-state index is 13.1. The van der Waals surface area contributed by atoms with Crippen LogP contribution >= 0.6 is 23.2 Å². The van der Waals surface area contributed by atoms with Crippen molar-refractivity contribution in [2.45, 2.75) is 19.4 Å². The number of hydrogen-bond donors (Lipinski definition) is 2. The molecule has 108 valence electrons. The highest BCUT2D eigenvalue weighted by atomic mass is 35.5. The van der Waals surface area contributed by atoms with Gasteiger partial charge in [-0.2, -0.15) is 5.10 Å². The van der Waals surface area contributed by atoms with E-state index in [4.69, 9.17) is 29.0 Å². The first-order chi connectivity index (χ1) is 9.43. The van der Waals surface area contributed by atoms with Crippen LogP contribution in [-0.2, 0) is 13.5 Å². The van der Waals surface area contributed by atoms with Gasteiger partial charge in [0.05, 0.1) is 22.5 Å². The fraction of sp³-hybridized carbons (Fsp3) is 0.308. The van der Waals surface area contributed by atoms with E-state index < -0.39 is 0 Å². The second-order valence-electron chi connectivity index (χ2n) is 4.56. The van der Waals surface area contributed by atoms with Gasteiger partial charge in [-0.1, -0.05) is 29.3 Å². The number of aromatic nitrogens is 2. The SMILES string of the molecule is Cc1nn(C)c(CC(NN)c2ccc(F)cc2Cl)c1Cl. The highest BCUT2D eigenvalue weighted by Gasteiger charge is 2.19. The maximum atomic E-state index is 13.1. The second-order valence-corrected chi connectivity index (χ2v) is 5.34. The van der Waals surface area contributed by atoms with Crippen molar-refractivity contribution >= 4 is 23.2 Å². The van der Waals surface area contributed by atoms with Crippen molar-refractivity contribution < 1.29 is 4.39 Å². The van der Waals surface area contributed by atoms with E-state index in [1.165, 1.54) is 12.1 Å². The summed E-state index contributed by atoms with van der Waals surface area (Å²) in [6.07, 6.45) is 0.498. The quantitative estimate of drug-likeness (QED) is 0.673. The van der Waals surface area contributed by atoms with Gasteiger partial charge in [0, 0.05) is 18.5 Å². The van der Waals surface area contributed by atoms with Crippen LogP contribution < -0.4 is 11.3 Å². The lowest BCUT2D eigenvalue weighted by molar-refractivity contribution is 0.528. The van der Waals surface area contributed by atoms with Crippen LogP contribution in [0.4, 0.5) is 4.39 Å². The minimum absolute atomic E-state index is 0.282. The van der Waals surface area contributed by atoms with Gasteiger partial charge in [0.1, 0.15) is 5.82 Å². The van der Waals surface area contributed by atoms with Crippen LogP contribution in [0.3, 0.4) is 0 Å². The standard InChI is InChI=1S/C13H15Cl2FN4/c1-7-13(15)12(20(2)19-7)6-11(18-17)9-4-3-8(16)5-10(9)14/h3-5,11,18H,6,17H2,1-2H3. The van der Waals surface area contributed by atoms with E-state index in [0.717, 1.165) is 11.4 Å². The largest absolute Gasteiger partial charge is 0.271 e. The summed E-state index contributed by atoms with van der Waals surface area (Å²) in [5, 5.41) is 5.18. The number of halogens is 3. The molecule has 0 aliphatic carbocycles. The molecule has 4 nitrogen and oxygen atoms in total. The van der Waals surface area contributed by atoms with E-state index in [-0.39, 0.29) is 11.9 Å². The summed E-state index contributed by atoms with van der Waals surface area (Å²) in [6, 6.07) is 3.94. The molecule has 0 aliphatic rings. The lowest BCUT2D eigenvalue weighted by atomic mass is 10.0. The molecule has 0 radical (unpaired) electrons. The third-order valence-electron chi connectivity index (χ3n) is 3.20. The number of nitrogens with zero attached hydrogens (tertiary/aromatic N) is 2. The predicted molar refractivity (Wildman–Crippen MR) is 78.1 cm³/mol. The van der Waals surface area contributed by atoms with E-state index in [0.29, 0.717) is 22.0 Å². The normalized spacial score (nSPS) is 12.7. The summed E-state index contributed by atoms with van der Waals surface area (Å²) in [4.78, 5) is 0. The fourth-order valence-corrected chi connectivity index (χ4v) is 2.67. The van der Waals surface area contributed by atoms with E-state index in [1.54, 1.807) is 10.7 Å². The van der Waals surface area contributed by atoms with Crippen LogP contribution in [0.1, 0.15) is 23.0 Å². The monoisotopic (exact) mass is 316 g/mol. The zero-order valence-corrected chi connectivity index (χ0v) is 12.6. The molecule has 0 aliphatic heterocycles. The van der Waals surface area contributed by atoms with Crippen LogP contribution in [0.2, 0.25) is 10.0 Å². The van der Waals surface area contributed by atoms with Crippen LogP contribution in [-0.4, -0.2) is 9.78 Å². The van der Waals surface area contributed by atoms with Crippen LogP contribution in [0, 0.1) is 12.7 Å². The Morgan fingerprint density at radius 3 is 2.65 bits per heavy atom. The van der Waals surface area contributed by atoms with Gasteiger partial charge in [0.15, 0.2) is 0 Å². The molecule has 0 bridgehead atoms. The number of nitrogens with one attached hydrogen (secondary N) is 1. The molecular weight excluding hydrogens is 302 g/mol. The molecule has 1 aromatic heterocycles. The molecule has 7 heteroatoms. The van der Waals surface area contributed by atoms with Crippen molar-refractivity contribution in [3.8, 4) is 0 Å². The Kier molecular flexibility index (Phi) is 4.65. The zero-order valence-electron chi connectivity index (χ0n) is 11.1. The Morgan fingerprint density at radius 2 is 2.15 bits per heavy atom. The van der Waals surface area contributed by atoms with Gasteiger partial charge in [-0.15, -0.1) is 0 Å². The Balaban J connectivity index is 2.33. The molecule has 3 N–H and O–H groups in total. The molecular formula is C13H15Cl2FN4. The van der Waals surface area contributed by atoms with Gasteiger partial charge in [-0.25, -0.2) is 4.39 Å². The van der Waals surface area contributed by atoms with Crippen LogP contribution in [0.5, 0.6) is 0 Å². The van der Waals surface area contributed by atoms with Gasteiger partial charge >= 0.3 is 0 Å². The highest BCUT2D eigenvalue weighted by Crippen LogP contribution is 2.29. The topological polar surface area (TPSA) is 55.9 Å². The molecule has 1 unspecified atom stereocenters. The lowest BCUT2D eigenvalue weighted by Crippen LogP contribution is -2.30. The van der Waals surface area contributed by atoms with Gasteiger partial charge in [0.2, 0.25) is 0 Å². The number of aryl methyl sites for hydroxylation is 2. The molecule has 2 aromatic rings. The number of benzene rings is 1. The van der Waals surface area contributed by atoms with E-state index >= 15 is 0 Å². The Morgan fingerprint density at radius 1 is 1.45 bits per heavy atom. The number of hydrogen-bond acceptors (Lipinski definition) is 3. The molecule has 20 heavy (non-hydrogen) atoms. The first-order valence-electron chi connectivity index (χ1n) is 6.03. The molecule has 0 fully saturated rings. The summed E-state index contributed by atoms with van der Waals surface area (Å²) in [7, 11) is 1.81. The third-order valence-corrected chi connectivity index (χ3v) is 4.02. The third kappa shape index (κ3) is 2.96. The summed E-state index contributed by atoms with van der Waals surface area (Å²) < 4.78 is 14.8. The number of rotatable bonds is 4. The van der Waals surface area contributed by atoms with Crippen molar-refractivity contribution in [2.75, 3.05) is 0 Å². The van der Waals surface area contributed by atoms with E-state index in [1.807, 2.05) is 14.0 Å². The van der Waals surface area contributed by atoms with Gasteiger partial charge < -0.3 is 0 Å². The molecule has 1 atom stereocenters. The number of nitrogens with two attached hydrogens (primary N) is 1. The zero-order chi connectivity index (χ0) is 14.9.